The highest BCUT2D eigenvalue weighted by atomic mass is 32.1. The van der Waals surface area contributed by atoms with Gasteiger partial charge in [-0.3, -0.25) is 0 Å². The number of rotatable bonds is 7. The van der Waals surface area contributed by atoms with Crippen LogP contribution >= 0.6 is 11.3 Å². The summed E-state index contributed by atoms with van der Waals surface area (Å²) in [5, 5.41) is 7.03. The molecule has 0 spiro atoms. The number of benzene rings is 1. The molecule has 0 aliphatic rings. The highest BCUT2D eigenvalue weighted by Gasteiger charge is 2.08. The minimum atomic E-state index is 0.951. The van der Waals surface area contributed by atoms with Crippen LogP contribution in [0.2, 0.25) is 0 Å². The molecule has 0 unspecified atom stereocenters. The molecule has 0 atom stereocenters. The highest BCUT2D eigenvalue weighted by molar-refractivity contribution is 7.09. The van der Waals surface area contributed by atoms with Crippen molar-refractivity contribution in [3.63, 3.8) is 0 Å². The number of nitrogens with zero attached hydrogens (tertiary/aromatic N) is 1. The minimum Gasteiger partial charge on any atom is -0.343 e. The van der Waals surface area contributed by atoms with Gasteiger partial charge in [-0.25, -0.2) is 0 Å². The van der Waals surface area contributed by atoms with E-state index in [1.807, 2.05) is 11.3 Å². The van der Waals surface area contributed by atoms with Gasteiger partial charge in [-0.15, -0.1) is 11.3 Å². The Bertz CT molecular complexity index is 682. The van der Waals surface area contributed by atoms with Crippen LogP contribution < -0.4 is 5.32 Å². The molecule has 0 saturated heterocycles. The van der Waals surface area contributed by atoms with E-state index in [1.54, 1.807) is 0 Å². The van der Waals surface area contributed by atoms with E-state index in [2.05, 4.69) is 64.7 Å². The van der Waals surface area contributed by atoms with Crippen molar-refractivity contribution in [3.8, 4) is 0 Å². The van der Waals surface area contributed by atoms with Gasteiger partial charge in [0.15, 0.2) is 0 Å². The Kier molecular flexibility index (Phi) is 4.73. The summed E-state index contributed by atoms with van der Waals surface area (Å²) < 4.78 is 2.47. The van der Waals surface area contributed by atoms with Crippen molar-refractivity contribution < 1.29 is 0 Å². The molecule has 3 rings (SSSR count). The van der Waals surface area contributed by atoms with Gasteiger partial charge in [0, 0.05) is 29.2 Å². The maximum atomic E-state index is 3.53. The first kappa shape index (κ1) is 14.4. The number of aromatic nitrogens is 1. The summed E-state index contributed by atoms with van der Waals surface area (Å²) in [5.74, 6) is 0. The van der Waals surface area contributed by atoms with Crippen molar-refractivity contribution in [2.24, 2.45) is 0 Å². The maximum absolute atomic E-state index is 3.53. The van der Waals surface area contributed by atoms with Crippen LogP contribution in [0.15, 0.2) is 47.8 Å². The van der Waals surface area contributed by atoms with Crippen LogP contribution in [-0.4, -0.2) is 11.1 Å². The zero-order valence-electron chi connectivity index (χ0n) is 12.5. The van der Waals surface area contributed by atoms with Crippen LogP contribution in [0.4, 0.5) is 0 Å². The molecule has 2 nitrogen and oxygen atoms in total. The predicted molar refractivity (Wildman–Crippen MR) is 92.0 cm³/mol. The number of para-hydroxylation sites is 1. The Morgan fingerprint density at radius 1 is 1.14 bits per heavy atom. The van der Waals surface area contributed by atoms with Crippen LogP contribution in [0, 0.1) is 0 Å². The van der Waals surface area contributed by atoms with E-state index in [-0.39, 0.29) is 0 Å². The molecule has 0 radical (unpaired) electrons. The Labute approximate surface area is 130 Å². The highest BCUT2D eigenvalue weighted by Crippen LogP contribution is 2.21. The largest absolute Gasteiger partial charge is 0.343 e. The molecule has 0 saturated carbocycles. The molecule has 0 aliphatic heterocycles. The molecule has 21 heavy (non-hydrogen) atoms. The van der Waals surface area contributed by atoms with E-state index in [0.717, 1.165) is 26.1 Å². The van der Waals surface area contributed by atoms with Crippen molar-refractivity contribution in [1.82, 2.24) is 9.88 Å². The Balaban J connectivity index is 1.83. The van der Waals surface area contributed by atoms with Crippen LogP contribution in [0.25, 0.3) is 10.9 Å². The van der Waals surface area contributed by atoms with Crippen molar-refractivity contribution in [2.75, 3.05) is 6.54 Å². The van der Waals surface area contributed by atoms with E-state index in [1.165, 1.54) is 27.9 Å². The van der Waals surface area contributed by atoms with Crippen molar-refractivity contribution in [1.29, 1.82) is 0 Å². The van der Waals surface area contributed by atoms with Gasteiger partial charge < -0.3 is 9.88 Å². The number of nitrogens with one attached hydrogen (secondary N) is 1. The normalized spacial score (nSPS) is 11.3. The van der Waals surface area contributed by atoms with E-state index >= 15 is 0 Å². The first-order valence-corrected chi connectivity index (χ1v) is 8.56. The molecular weight excluding hydrogens is 276 g/mol. The molecule has 2 heterocycles. The molecule has 1 N–H and O–H groups in total. The summed E-state index contributed by atoms with van der Waals surface area (Å²) in [6.07, 6.45) is 2.28. The van der Waals surface area contributed by atoms with Crippen molar-refractivity contribution in [3.05, 3.63) is 58.4 Å². The Hall–Kier alpha value is -1.58. The average molecular weight is 298 g/mol. The van der Waals surface area contributed by atoms with Crippen molar-refractivity contribution in [2.45, 2.75) is 32.9 Å². The van der Waals surface area contributed by atoms with Gasteiger partial charge in [0.1, 0.15) is 0 Å². The summed E-state index contributed by atoms with van der Waals surface area (Å²) in [4.78, 5) is 1.46. The zero-order chi connectivity index (χ0) is 14.5. The van der Waals surface area contributed by atoms with Crippen LogP contribution in [0.3, 0.4) is 0 Å². The lowest BCUT2D eigenvalue weighted by atomic mass is 10.2. The standard InChI is InChI=1S/C18H22N2S/c1-2-10-19-14-16-13-15-6-3-4-8-18(15)20(16)11-9-17-7-5-12-21-17/h3-8,12-13,19H,2,9-11,14H2,1H3. The van der Waals surface area contributed by atoms with E-state index in [0.29, 0.717) is 0 Å². The third kappa shape index (κ3) is 3.36. The molecule has 1 aromatic carbocycles. The quantitative estimate of drug-likeness (QED) is 0.638. The number of aryl methyl sites for hydroxylation is 2. The number of hydrogen-bond donors (Lipinski definition) is 1. The molecule has 0 aliphatic carbocycles. The van der Waals surface area contributed by atoms with Gasteiger partial charge >= 0.3 is 0 Å². The summed E-state index contributed by atoms with van der Waals surface area (Å²) in [7, 11) is 0. The van der Waals surface area contributed by atoms with E-state index in [9.17, 15) is 0 Å². The first-order chi connectivity index (χ1) is 10.4. The smallest absolute Gasteiger partial charge is 0.0483 e. The van der Waals surface area contributed by atoms with Gasteiger partial charge in [0.05, 0.1) is 0 Å². The summed E-state index contributed by atoms with van der Waals surface area (Å²) >= 11 is 1.85. The molecule has 110 valence electrons. The molecule has 3 aromatic rings. The van der Waals surface area contributed by atoms with Gasteiger partial charge in [0.25, 0.3) is 0 Å². The third-order valence-electron chi connectivity index (χ3n) is 3.79. The van der Waals surface area contributed by atoms with Gasteiger partial charge in [-0.1, -0.05) is 31.2 Å². The van der Waals surface area contributed by atoms with Crippen molar-refractivity contribution >= 4 is 22.2 Å². The third-order valence-corrected chi connectivity index (χ3v) is 4.73. The summed E-state index contributed by atoms with van der Waals surface area (Å²) in [6, 6.07) is 15.4. The number of thiophene rings is 1. The summed E-state index contributed by atoms with van der Waals surface area (Å²) in [6.45, 7) is 5.29. The van der Waals surface area contributed by atoms with Crippen LogP contribution in [-0.2, 0) is 19.5 Å². The molecule has 0 bridgehead atoms. The predicted octanol–water partition coefficient (Wildman–Crippen LogP) is 4.45. The van der Waals surface area contributed by atoms with Gasteiger partial charge in [-0.05, 0) is 48.4 Å². The fourth-order valence-electron chi connectivity index (χ4n) is 2.75. The van der Waals surface area contributed by atoms with Gasteiger partial charge in [0.2, 0.25) is 0 Å². The van der Waals surface area contributed by atoms with Gasteiger partial charge in [-0.2, -0.15) is 0 Å². The average Bonchev–Trinajstić information content (AvgIpc) is 3.12. The monoisotopic (exact) mass is 298 g/mol. The van der Waals surface area contributed by atoms with E-state index < -0.39 is 0 Å². The molecular formula is C18H22N2S. The minimum absolute atomic E-state index is 0.951. The molecule has 2 aromatic heterocycles. The SMILES string of the molecule is CCCNCc1cc2ccccc2n1CCc1cccs1. The number of hydrogen-bond acceptors (Lipinski definition) is 2. The second-order valence-corrected chi connectivity index (χ2v) is 6.38. The maximum Gasteiger partial charge on any atom is 0.0483 e. The number of fused-ring (bicyclic) bond motifs is 1. The Morgan fingerprint density at radius 2 is 2.05 bits per heavy atom. The summed E-state index contributed by atoms with van der Waals surface area (Å²) in [5.41, 5.74) is 2.74. The lowest BCUT2D eigenvalue weighted by Gasteiger charge is -2.11. The zero-order valence-corrected chi connectivity index (χ0v) is 13.3. The molecule has 0 amide bonds. The lowest BCUT2D eigenvalue weighted by molar-refractivity contribution is 0.616. The molecule has 0 fully saturated rings. The lowest BCUT2D eigenvalue weighted by Crippen LogP contribution is -2.17. The van der Waals surface area contributed by atoms with Crippen LogP contribution in [0.5, 0.6) is 0 Å². The fourth-order valence-corrected chi connectivity index (χ4v) is 3.45. The first-order valence-electron chi connectivity index (χ1n) is 7.68. The topological polar surface area (TPSA) is 17.0 Å². The second kappa shape index (κ2) is 6.92. The van der Waals surface area contributed by atoms with E-state index in [4.69, 9.17) is 0 Å². The van der Waals surface area contributed by atoms with Crippen LogP contribution in [0.1, 0.15) is 23.9 Å². The second-order valence-electron chi connectivity index (χ2n) is 5.35. The molecule has 3 heteroatoms. The fraction of sp³-hybridized carbons (Fsp3) is 0.333. The Morgan fingerprint density at radius 3 is 2.86 bits per heavy atom.